The zero-order valence-electron chi connectivity index (χ0n) is 3.34. The van der Waals surface area contributed by atoms with Gasteiger partial charge in [-0.3, -0.25) is 5.41 Å². The Labute approximate surface area is 42.1 Å². The first-order valence-electron chi connectivity index (χ1n) is 1.42. The van der Waals surface area contributed by atoms with Gasteiger partial charge in [-0.2, -0.15) is 0 Å². The fourth-order valence-corrected chi connectivity index (χ4v) is 0.158. The molecule has 40 valence electrons. The van der Waals surface area contributed by atoms with Crippen molar-refractivity contribution in [3.8, 4) is 0 Å². The highest BCUT2D eigenvalue weighted by Gasteiger charge is 1.86. The summed E-state index contributed by atoms with van der Waals surface area (Å²) >= 11 is 0. The van der Waals surface area contributed by atoms with Crippen LogP contribution in [0.5, 0.6) is 0 Å². The van der Waals surface area contributed by atoms with Gasteiger partial charge in [0.1, 0.15) is 0 Å². The third-order valence-electron chi connectivity index (χ3n) is 0.333. The average molecular weight is 120 g/mol. The minimum atomic E-state index is -2.82. The van der Waals surface area contributed by atoms with Crippen LogP contribution in [-0.4, -0.2) is 19.7 Å². The van der Waals surface area contributed by atoms with Gasteiger partial charge in [-0.1, -0.05) is 0 Å². The largest absolute Gasteiger partial charge is 0.306 e. The van der Waals surface area contributed by atoms with E-state index in [9.17, 15) is 8.42 Å². The predicted octanol–water partition coefficient (Wildman–Crippen LogP) is -0.775. The maximum Gasteiger partial charge on any atom is 0.186 e. The summed E-state index contributed by atoms with van der Waals surface area (Å²) in [5, 5.41) is 11.9. The van der Waals surface area contributed by atoms with E-state index in [2.05, 4.69) is 0 Å². The Balaban J connectivity index is 4.10. The third-order valence-corrected chi connectivity index (χ3v) is 0.856. The van der Waals surface area contributed by atoms with Crippen LogP contribution in [0.3, 0.4) is 0 Å². The van der Waals surface area contributed by atoms with Crippen LogP contribution in [0.15, 0.2) is 0 Å². The first-order chi connectivity index (χ1) is 3.18. The van der Waals surface area contributed by atoms with E-state index < -0.39 is 15.7 Å². The Bertz CT molecular complexity index is 151. The van der Waals surface area contributed by atoms with Gasteiger partial charge < -0.3 is 5.41 Å². The van der Waals surface area contributed by atoms with E-state index >= 15 is 0 Å². The molecule has 0 aromatic carbocycles. The Hall–Kier alpha value is -0.710. The van der Waals surface area contributed by atoms with Crippen LogP contribution >= 0.6 is 0 Å². The summed E-state index contributed by atoms with van der Waals surface area (Å²) in [4.78, 5) is 0. The number of nitrogens with one attached hydrogen (secondary N) is 2. The summed E-state index contributed by atoms with van der Waals surface area (Å²) < 4.78 is 19.2. The van der Waals surface area contributed by atoms with E-state index in [0.29, 0.717) is 6.21 Å². The highest BCUT2D eigenvalue weighted by molar-refractivity contribution is 7.91. The molecule has 0 aliphatic rings. The molecule has 2 N–H and O–H groups in total. The van der Waals surface area contributed by atoms with Gasteiger partial charge in [0.05, 0.1) is 6.21 Å². The summed E-state index contributed by atoms with van der Waals surface area (Å²) in [5.74, 6) is 0. The van der Waals surface area contributed by atoms with Gasteiger partial charge in [-0.05, 0) is 0 Å². The molecule has 0 atom stereocenters. The maximum atomic E-state index is 9.59. The van der Waals surface area contributed by atoms with Crippen LogP contribution in [-0.2, 0) is 10.7 Å². The SMILES string of the molecule is N=CC(=N)[SH](=O)=O. The number of thiol groups is 1. The summed E-state index contributed by atoms with van der Waals surface area (Å²) in [7, 11) is -2.82. The second kappa shape index (κ2) is 2.46. The Morgan fingerprint density at radius 1 is 1.57 bits per heavy atom. The van der Waals surface area contributed by atoms with Crippen molar-refractivity contribution in [2.24, 2.45) is 0 Å². The molecule has 0 aliphatic carbocycles. The van der Waals surface area contributed by atoms with Gasteiger partial charge in [0.2, 0.25) is 0 Å². The molecule has 0 saturated carbocycles. The molecule has 0 fully saturated rings. The molecule has 0 aromatic heterocycles. The van der Waals surface area contributed by atoms with Crippen LogP contribution in [0.2, 0.25) is 0 Å². The summed E-state index contributed by atoms with van der Waals surface area (Å²) in [6.45, 7) is 0. The van der Waals surface area contributed by atoms with Gasteiger partial charge in [0.25, 0.3) is 0 Å². The van der Waals surface area contributed by atoms with Crippen molar-refractivity contribution in [1.29, 1.82) is 10.8 Å². The Kier molecular flexibility index (Phi) is 2.21. The molecular formula is C2H4N2O2S. The lowest BCUT2D eigenvalue weighted by molar-refractivity contribution is 0.624. The predicted molar refractivity (Wildman–Crippen MR) is 26.8 cm³/mol. The molecule has 5 heteroatoms. The molecule has 0 spiro atoms. The first kappa shape index (κ1) is 6.29. The van der Waals surface area contributed by atoms with Crippen molar-refractivity contribution in [2.45, 2.75) is 0 Å². The first-order valence-corrected chi connectivity index (χ1v) is 2.59. The van der Waals surface area contributed by atoms with Gasteiger partial charge in [0.15, 0.2) is 15.7 Å². The van der Waals surface area contributed by atoms with E-state index in [4.69, 9.17) is 10.8 Å². The van der Waals surface area contributed by atoms with E-state index in [1.807, 2.05) is 0 Å². The third kappa shape index (κ3) is 2.05. The summed E-state index contributed by atoms with van der Waals surface area (Å²) in [6.07, 6.45) is 0.478. The molecule has 7 heavy (non-hydrogen) atoms. The van der Waals surface area contributed by atoms with Crippen molar-refractivity contribution in [2.75, 3.05) is 0 Å². The molecular weight excluding hydrogens is 116 g/mol. The van der Waals surface area contributed by atoms with Crippen LogP contribution in [0.25, 0.3) is 0 Å². The zero-order valence-corrected chi connectivity index (χ0v) is 4.24. The van der Waals surface area contributed by atoms with Crippen molar-refractivity contribution >= 4 is 22.0 Å². The van der Waals surface area contributed by atoms with Crippen molar-refractivity contribution in [1.82, 2.24) is 0 Å². The molecule has 4 nitrogen and oxygen atoms in total. The molecule has 0 aliphatic heterocycles. The summed E-state index contributed by atoms with van der Waals surface area (Å²) in [5.41, 5.74) is 0. The standard InChI is InChI=1S/C2H4N2O2S/c3-1-2(4)7(5)6/h1,3-4,7H. The van der Waals surface area contributed by atoms with Crippen molar-refractivity contribution in [3.63, 3.8) is 0 Å². The molecule has 0 heterocycles. The fraction of sp³-hybridized carbons (Fsp3) is 0. The topological polar surface area (TPSA) is 81.8 Å². The monoisotopic (exact) mass is 120 g/mol. The van der Waals surface area contributed by atoms with Gasteiger partial charge in [-0.15, -0.1) is 0 Å². The van der Waals surface area contributed by atoms with Gasteiger partial charge in [-0.25, -0.2) is 8.42 Å². The smallest absolute Gasteiger partial charge is 0.186 e. The fourth-order valence-electron chi connectivity index (χ4n) is 0.0527. The number of hydrogen-bond acceptors (Lipinski definition) is 4. The van der Waals surface area contributed by atoms with Gasteiger partial charge in [0, 0.05) is 0 Å². The quantitative estimate of drug-likeness (QED) is 0.241. The lowest BCUT2D eigenvalue weighted by Gasteiger charge is -1.71. The van der Waals surface area contributed by atoms with Crippen LogP contribution in [0.4, 0.5) is 0 Å². The van der Waals surface area contributed by atoms with Crippen LogP contribution in [0.1, 0.15) is 0 Å². The van der Waals surface area contributed by atoms with Crippen molar-refractivity contribution < 1.29 is 8.42 Å². The molecule has 0 unspecified atom stereocenters. The number of hydrogen-bond donors (Lipinski definition) is 3. The lowest BCUT2D eigenvalue weighted by atomic mass is 10.8. The Morgan fingerprint density at radius 3 is 2.00 bits per heavy atom. The highest BCUT2D eigenvalue weighted by Crippen LogP contribution is 1.61. The number of rotatable bonds is 1. The lowest BCUT2D eigenvalue weighted by Crippen LogP contribution is -1.96. The minimum Gasteiger partial charge on any atom is -0.306 e. The maximum absolute atomic E-state index is 9.59. The van der Waals surface area contributed by atoms with E-state index in [-0.39, 0.29) is 0 Å². The van der Waals surface area contributed by atoms with Crippen LogP contribution in [0, 0.1) is 10.8 Å². The molecule has 0 rings (SSSR count). The van der Waals surface area contributed by atoms with E-state index in [1.165, 1.54) is 0 Å². The Morgan fingerprint density at radius 2 is 2.00 bits per heavy atom. The normalized spacial score (nSPS) is 8.71. The van der Waals surface area contributed by atoms with Crippen molar-refractivity contribution in [3.05, 3.63) is 0 Å². The van der Waals surface area contributed by atoms with E-state index in [0.717, 1.165) is 0 Å². The second-order valence-electron chi connectivity index (χ2n) is 0.787. The highest BCUT2D eigenvalue weighted by atomic mass is 32.2. The zero-order chi connectivity index (χ0) is 5.86. The average Bonchev–Trinajstić information content (AvgIpc) is 1.65. The molecule has 0 saturated heterocycles. The van der Waals surface area contributed by atoms with Gasteiger partial charge >= 0.3 is 0 Å². The molecule has 0 amide bonds. The molecule has 0 radical (unpaired) electrons. The van der Waals surface area contributed by atoms with E-state index in [1.54, 1.807) is 0 Å². The minimum absolute atomic E-state index is 0.478. The molecule has 0 bridgehead atoms. The molecule has 0 aromatic rings. The summed E-state index contributed by atoms with van der Waals surface area (Å²) in [6, 6.07) is 0. The van der Waals surface area contributed by atoms with Crippen LogP contribution < -0.4 is 0 Å². The second-order valence-corrected chi connectivity index (χ2v) is 1.78.